The summed E-state index contributed by atoms with van der Waals surface area (Å²) in [4.78, 5) is 13.9. The number of morpholine rings is 1. The van der Waals surface area contributed by atoms with Gasteiger partial charge < -0.3 is 15.5 Å². The molecule has 1 amide bonds. The maximum absolute atomic E-state index is 12.2. The second kappa shape index (κ2) is 7.60. The number of nitrogens with zero attached hydrogens (tertiary/aromatic N) is 4. The molecule has 2 heterocycles. The van der Waals surface area contributed by atoms with Crippen molar-refractivity contribution in [3.05, 3.63) is 28.2 Å². The number of carbonyl (C=O) groups excluding carboxylic acids is 1. The summed E-state index contributed by atoms with van der Waals surface area (Å²) >= 11 is 13.4. The van der Waals surface area contributed by atoms with Crippen LogP contribution in [0, 0.1) is 0 Å². The molecule has 1 aliphatic heterocycles. The van der Waals surface area contributed by atoms with E-state index in [1.165, 1.54) is 16.4 Å². The highest BCUT2D eigenvalue weighted by Crippen LogP contribution is 2.30. The van der Waals surface area contributed by atoms with Gasteiger partial charge in [-0.15, -0.1) is 10.2 Å². The number of benzene rings is 1. The molecule has 0 atom stereocenters. The molecule has 0 saturated carbocycles. The Morgan fingerprint density at radius 3 is 2.79 bits per heavy atom. The van der Waals surface area contributed by atoms with Crippen LogP contribution in [-0.4, -0.2) is 57.7 Å². The number of nitrogens with two attached hydrogens (primary N) is 1. The predicted molar refractivity (Wildman–Crippen MR) is 93.8 cm³/mol. The minimum absolute atomic E-state index is 0.0219. The quantitative estimate of drug-likeness (QED) is 0.636. The van der Waals surface area contributed by atoms with E-state index in [1.54, 1.807) is 23.1 Å². The van der Waals surface area contributed by atoms with Gasteiger partial charge in [-0.3, -0.25) is 4.79 Å². The van der Waals surface area contributed by atoms with Crippen LogP contribution in [0.4, 0.5) is 0 Å². The van der Waals surface area contributed by atoms with Crippen molar-refractivity contribution in [2.24, 2.45) is 0 Å². The van der Waals surface area contributed by atoms with Gasteiger partial charge in [0.05, 0.1) is 24.0 Å². The number of ether oxygens (including phenoxy) is 1. The Hall–Kier alpha value is -1.48. The third-order valence-electron chi connectivity index (χ3n) is 3.52. The monoisotopic (exact) mass is 387 g/mol. The Kier molecular flexibility index (Phi) is 5.50. The van der Waals surface area contributed by atoms with E-state index in [0.717, 1.165) is 0 Å². The highest BCUT2D eigenvalue weighted by atomic mass is 35.5. The number of carbonyl (C=O) groups is 1. The predicted octanol–water partition coefficient (Wildman–Crippen LogP) is 1.92. The van der Waals surface area contributed by atoms with Gasteiger partial charge in [-0.25, -0.2) is 4.68 Å². The zero-order valence-corrected chi connectivity index (χ0v) is 14.9. The van der Waals surface area contributed by atoms with Crippen molar-refractivity contribution < 1.29 is 9.53 Å². The van der Waals surface area contributed by atoms with Gasteiger partial charge in [0.1, 0.15) is 0 Å². The number of halogens is 2. The number of nitrogen functional groups attached to an aromatic ring is 1. The molecule has 0 unspecified atom stereocenters. The van der Waals surface area contributed by atoms with Crippen LogP contribution in [-0.2, 0) is 9.53 Å². The first-order valence-corrected chi connectivity index (χ1v) is 8.94. The molecule has 0 radical (unpaired) electrons. The summed E-state index contributed by atoms with van der Waals surface area (Å²) in [6.07, 6.45) is 0. The molecule has 3 rings (SSSR count). The number of hydrogen-bond donors (Lipinski definition) is 1. The minimum atomic E-state index is 0.0219. The van der Waals surface area contributed by atoms with E-state index in [4.69, 9.17) is 33.8 Å². The van der Waals surface area contributed by atoms with Crippen molar-refractivity contribution in [2.75, 3.05) is 37.9 Å². The van der Waals surface area contributed by atoms with Gasteiger partial charge in [0, 0.05) is 23.7 Å². The summed E-state index contributed by atoms with van der Waals surface area (Å²) in [5.74, 6) is 6.69. The SMILES string of the molecule is Nn1c(SCC(=O)N2CCOCC2)nnc1-c1cc(Cl)ccc1Cl. The van der Waals surface area contributed by atoms with Crippen molar-refractivity contribution >= 4 is 40.9 Å². The summed E-state index contributed by atoms with van der Waals surface area (Å²) in [5, 5.41) is 9.52. The van der Waals surface area contributed by atoms with E-state index in [-0.39, 0.29) is 11.7 Å². The van der Waals surface area contributed by atoms with E-state index >= 15 is 0 Å². The molecule has 7 nitrogen and oxygen atoms in total. The van der Waals surface area contributed by atoms with Gasteiger partial charge in [-0.05, 0) is 18.2 Å². The van der Waals surface area contributed by atoms with Crippen molar-refractivity contribution in [1.29, 1.82) is 0 Å². The fourth-order valence-electron chi connectivity index (χ4n) is 2.26. The second-order valence-corrected chi connectivity index (χ2v) is 6.87. The van der Waals surface area contributed by atoms with Crippen LogP contribution in [0.2, 0.25) is 10.0 Å². The molecule has 10 heteroatoms. The number of rotatable bonds is 4. The molecule has 1 fully saturated rings. The molecule has 128 valence electrons. The second-order valence-electron chi connectivity index (χ2n) is 5.08. The number of amides is 1. The smallest absolute Gasteiger partial charge is 0.233 e. The van der Waals surface area contributed by atoms with E-state index in [0.29, 0.717) is 52.9 Å². The Labute approximate surface area is 153 Å². The fraction of sp³-hybridized carbons (Fsp3) is 0.357. The van der Waals surface area contributed by atoms with Crippen LogP contribution in [0.15, 0.2) is 23.4 Å². The topological polar surface area (TPSA) is 86.3 Å². The minimum Gasteiger partial charge on any atom is -0.378 e. The van der Waals surface area contributed by atoms with Crippen molar-refractivity contribution in [3.63, 3.8) is 0 Å². The molecule has 0 spiro atoms. The van der Waals surface area contributed by atoms with Crippen LogP contribution in [0.5, 0.6) is 0 Å². The van der Waals surface area contributed by atoms with E-state index in [1.807, 2.05) is 0 Å². The highest BCUT2D eigenvalue weighted by Gasteiger charge is 2.20. The normalized spacial score (nSPS) is 14.8. The highest BCUT2D eigenvalue weighted by molar-refractivity contribution is 7.99. The van der Waals surface area contributed by atoms with Gasteiger partial charge in [0.25, 0.3) is 0 Å². The Bertz CT molecular complexity index is 749. The Balaban J connectivity index is 1.71. The van der Waals surface area contributed by atoms with Gasteiger partial charge in [-0.2, -0.15) is 0 Å². The first-order chi connectivity index (χ1) is 11.6. The van der Waals surface area contributed by atoms with Gasteiger partial charge >= 0.3 is 0 Å². The van der Waals surface area contributed by atoms with Crippen LogP contribution in [0.3, 0.4) is 0 Å². The zero-order chi connectivity index (χ0) is 17.1. The van der Waals surface area contributed by atoms with Crippen molar-refractivity contribution in [3.8, 4) is 11.4 Å². The van der Waals surface area contributed by atoms with E-state index in [9.17, 15) is 4.79 Å². The van der Waals surface area contributed by atoms with Crippen molar-refractivity contribution in [2.45, 2.75) is 5.16 Å². The first kappa shape index (κ1) is 17.3. The third kappa shape index (κ3) is 3.77. The largest absolute Gasteiger partial charge is 0.378 e. The molecular weight excluding hydrogens is 373 g/mol. The lowest BCUT2D eigenvalue weighted by Gasteiger charge is -2.26. The summed E-state index contributed by atoms with van der Waals surface area (Å²) in [7, 11) is 0. The molecule has 1 aromatic heterocycles. The lowest BCUT2D eigenvalue weighted by molar-refractivity contribution is -0.132. The Morgan fingerprint density at radius 1 is 1.29 bits per heavy atom. The molecule has 1 saturated heterocycles. The van der Waals surface area contributed by atoms with Crippen LogP contribution in [0.25, 0.3) is 11.4 Å². The zero-order valence-electron chi connectivity index (χ0n) is 12.6. The standard InChI is InChI=1S/C14H15Cl2N5O2S/c15-9-1-2-11(16)10(7-9)13-18-19-14(21(13)17)24-8-12(22)20-3-5-23-6-4-20/h1-2,7H,3-6,8,17H2. The summed E-state index contributed by atoms with van der Waals surface area (Å²) in [6.45, 7) is 2.36. The van der Waals surface area contributed by atoms with Crippen LogP contribution < -0.4 is 5.84 Å². The van der Waals surface area contributed by atoms with Gasteiger partial charge in [-0.1, -0.05) is 35.0 Å². The Morgan fingerprint density at radius 2 is 2.04 bits per heavy atom. The maximum atomic E-state index is 12.2. The molecule has 2 aromatic rings. The summed E-state index contributed by atoms with van der Waals surface area (Å²) in [5.41, 5.74) is 0.588. The van der Waals surface area contributed by atoms with Crippen LogP contribution in [0.1, 0.15) is 0 Å². The van der Waals surface area contributed by atoms with Crippen LogP contribution >= 0.6 is 35.0 Å². The average Bonchev–Trinajstić information content (AvgIpc) is 2.96. The van der Waals surface area contributed by atoms with E-state index in [2.05, 4.69) is 10.2 Å². The molecule has 1 aromatic carbocycles. The first-order valence-electron chi connectivity index (χ1n) is 7.20. The van der Waals surface area contributed by atoms with Crippen molar-refractivity contribution in [1.82, 2.24) is 19.8 Å². The van der Waals surface area contributed by atoms with E-state index < -0.39 is 0 Å². The van der Waals surface area contributed by atoms with Gasteiger partial charge in [0.2, 0.25) is 11.1 Å². The number of thioether (sulfide) groups is 1. The number of hydrogen-bond acceptors (Lipinski definition) is 6. The fourth-order valence-corrected chi connectivity index (χ4v) is 3.39. The molecular formula is C14H15Cl2N5O2S. The maximum Gasteiger partial charge on any atom is 0.233 e. The third-order valence-corrected chi connectivity index (χ3v) is 5.01. The molecule has 2 N–H and O–H groups in total. The summed E-state index contributed by atoms with van der Waals surface area (Å²) < 4.78 is 6.55. The lowest BCUT2D eigenvalue weighted by atomic mass is 10.2. The lowest BCUT2D eigenvalue weighted by Crippen LogP contribution is -2.41. The molecule has 24 heavy (non-hydrogen) atoms. The van der Waals surface area contributed by atoms with Gasteiger partial charge in [0.15, 0.2) is 5.82 Å². The molecule has 1 aliphatic rings. The molecule has 0 aliphatic carbocycles. The molecule has 0 bridgehead atoms. The summed E-state index contributed by atoms with van der Waals surface area (Å²) in [6, 6.07) is 5.02. The number of aromatic nitrogens is 3. The average molecular weight is 388 g/mol.